The Kier molecular flexibility index (Phi) is 6.77. The van der Waals surface area contributed by atoms with Gasteiger partial charge in [0.2, 0.25) is 0 Å². The highest BCUT2D eigenvalue weighted by molar-refractivity contribution is 7.10. The molecule has 0 bridgehead atoms. The molecule has 0 radical (unpaired) electrons. The molecule has 1 aliphatic rings. The molecule has 37 heavy (non-hydrogen) atoms. The first-order valence-electron chi connectivity index (χ1n) is 11.4. The number of thiophene rings is 1. The zero-order valence-corrected chi connectivity index (χ0v) is 21.9. The molecule has 4 heterocycles. The lowest BCUT2D eigenvalue weighted by atomic mass is 10.0. The highest BCUT2D eigenvalue weighted by atomic mass is 32.1. The molecule has 0 fully saturated rings. The number of carbonyl (C=O) groups excluding carboxylic acids is 2. The molecular weight excluding hydrogens is 512 g/mol. The zero-order valence-electron chi connectivity index (χ0n) is 20.2. The predicted molar refractivity (Wildman–Crippen MR) is 140 cm³/mol. The smallest absolute Gasteiger partial charge is 0.338 e. The van der Waals surface area contributed by atoms with Crippen LogP contribution in [0.2, 0.25) is 0 Å². The van der Waals surface area contributed by atoms with E-state index in [0.717, 1.165) is 10.4 Å². The molecule has 188 valence electrons. The Morgan fingerprint density at radius 1 is 1.14 bits per heavy atom. The van der Waals surface area contributed by atoms with Crippen molar-refractivity contribution in [1.29, 1.82) is 0 Å². The number of rotatable bonds is 6. The number of hydrogen-bond acceptors (Lipinski definition) is 9. The number of carbonyl (C=O) groups is 2. The maximum Gasteiger partial charge on any atom is 0.338 e. The summed E-state index contributed by atoms with van der Waals surface area (Å²) in [6, 6.07) is 13.6. The fourth-order valence-corrected chi connectivity index (χ4v) is 5.96. The third-order valence-corrected chi connectivity index (χ3v) is 7.73. The van der Waals surface area contributed by atoms with Gasteiger partial charge in [-0.3, -0.25) is 9.36 Å². The van der Waals surface area contributed by atoms with E-state index in [-0.39, 0.29) is 12.2 Å². The van der Waals surface area contributed by atoms with E-state index in [2.05, 4.69) is 4.99 Å². The second-order valence-electron chi connectivity index (χ2n) is 8.09. The maximum absolute atomic E-state index is 13.6. The number of ether oxygens (including phenoxy) is 2. The van der Waals surface area contributed by atoms with Crippen LogP contribution in [0.4, 0.5) is 0 Å². The van der Waals surface area contributed by atoms with Crippen LogP contribution in [0.25, 0.3) is 17.4 Å². The average molecular weight is 535 g/mol. The molecule has 3 aromatic heterocycles. The SMILES string of the molecule is CCOC(=O)C1=C(C)N=c2s/c(=C\c3ccc(-c4ccc(C(=O)OC)cc4)o3)c(=O)n2[C@H]1c1cccs1. The van der Waals surface area contributed by atoms with Crippen molar-refractivity contribution in [1.82, 2.24) is 4.57 Å². The standard InChI is InChI=1S/C27H22N2O6S2/c1-4-34-26(32)22-15(2)28-27-29(23(22)20-6-5-13-36-20)24(30)21(37-27)14-18-11-12-19(35-18)16-7-9-17(10-8-16)25(31)33-3/h5-14,23H,4H2,1-3H3/b21-14-/t23-/m0/s1. The molecule has 0 aliphatic carbocycles. The number of benzene rings is 1. The molecule has 1 aliphatic heterocycles. The quantitative estimate of drug-likeness (QED) is 0.348. The van der Waals surface area contributed by atoms with E-state index in [1.165, 1.54) is 29.8 Å². The number of furan rings is 1. The summed E-state index contributed by atoms with van der Waals surface area (Å²) in [6.07, 6.45) is 1.67. The topological polar surface area (TPSA) is 100 Å². The Morgan fingerprint density at radius 2 is 1.92 bits per heavy atom. The highest BCUT2D eigenvalue weighted by Crippen LogP contribution is 2.33. The van der Waals surface area contributed by atoms with E-state index >= 15 is 0 Å². The fraction of sp³-hybridized carbons (Fsp3) is 0.185. The Morgan fingerprint density at radius 3 is 2.59 bits per heavy atom. The molecule has 0 saturated carbocycles. The van der Waals surface area contributed by atoms with Gasteiger partial charge in [-0.05, 0) is 49.6 Å². The summed E-state index contributed by atoms with van der Waals surface area (Å²) in [5.41, 5.74) is 1.84. The van der Waals surface area contributed by atoms with Crippen LogP contribution in [-0.4, -0.2) is 30.2 Å². The van der Waals surface area contributed by atoms with E-state index in [1.54, 1.807) is 60.9 Å². The van der Waals surface area contributed by atoms with Crippen molar-refractivity contribution in [3.8, 4) is 11.3 Å². The van der Waals surface area contributed by atoms with Crippen LogP contribution in [0, 0.1) is 0 Å². The van der Waals surface area contributed by atoms with Crippen LogP contribution in [0.5, 0.6) is 0 Å². The van der Waals surface area contributed by atoms with Crippen molar-refractivity contribution < 1.29 is 23.5 Å². The van der Waals surface area contributed by atoms with Gasteiger partial charge in [0.15, 0.2) is 4.80 Å². The van der Waals surface area contributed by atoms with Gasteiger partial charge in [-0.15, -0.1) is 11.3 Å². The van der Waals surface area contributed by atoms with Crippen LogP contribution in [0.15, 0.2) is 79.4 Å². The summed E-state index contributed by atoms with van der Waals surface area (Å²) in [4.78, 5) is 44.0. The van der Waals surface area contributed by atoms with Crippen molar-refractivity contribution in [2.45, 2.75) is 19.9 Å². The van der Waals surface area contributed by atoms with E-state index in [1.807, 2.05) is 17.5 Å². The summed E-state index contributed by atoms with van der Waals surface area (Å²) < 4.78 is 18.0. The number of nitrogens with zero attached hydrogens (tertiary/aromatic N) is 2. The van der Waals surface area contributed by atoms with Crippen LogP contribution in [-0.2, 0) is 14.3 Å². The predicted octanol–water partition coefficient (Wildman–Crippen LogP) is 3.91. The van der Waals surface area contributed by atoms with Crippen molar-refractivity contribution in [3.63, 3.8) is 0 Å². The van der Waals surface area contributed by atoms with Crippen LogP contribution in [0.1, 0.15) is 40.9 Å². The maximum atomic E-state index is 13.6. The number of methoxy groups -OCH3 is 1. The Balaban J connectivity index is 1.55. The molecule has 0 spiro atoms. The van der Waals surface area contributed by atoms with Gasteiger partial charge in [0.25, 0.3) is 5.56 Å². The van der Waals surface area contributed by atoms with Crippen molar-refractivity contribution >= 4 is 40.7 Å². The molecule has 0 amide bonds. The van der Waals surface area contributed by atoms with Crippen molar-refractivity contribution in [3.05, 3.63) is 101 Å². The lowest BCUT2D eigenvalue weighted by Crippen LogP contribution is -2.39. The normalized spacial score (nSPS) is 15.3. The summed E-state index contributed by atoms with van der Waals surface area (Å²) >= 11 is 2.70. The number of hydrogen-bond donors (Lipinski definition) is 0. The molecule has 1 aromatic carbocycles. The van der Waals surface area contributed by atoms with Crippen molar-refractivity contribution in [2.75, 3.05) is 13.7 Å². The average Bonchev–Trinajstić information content (AvgIpc) is 3.65. The summed E-state index contributed by atoms with van der Waals surface area (Å²) in [6.45, 7) is 3.73. The number of fused-ring (bicyclic) bond motifs is 1. The first-order valence-corrected chi connectivity index (χ1v) is 13.1. The summed E-state index contributed by atoms with van der Waals surface area (Å²) in [7, 11) is 1.33. The molecule has 0 unspecified atom stereocenters. The van der Waals surface area contributed by atoms with Gasteiger partial charge in [-0.2, -0.15) is 0 Å². The first kappa shape index (κ1) is 24.7. The lowest BCUT2D eigenvalue weighted by molar-refractivity contribution is -0.139. The third-order valence-electron chi connectivity index (χ3n) is 5.82. The molecule has 0 saturated heterocycles. The van der Waals surface area contributed by atoms with E-state index < -0.39 is 18.0 Å². The van der Waals surface area contributed by atoms with Crippen molar-refractivity contribution in [2.24, 2.45) is 4.99 Å². The third kappa shape index (κ3) is 4.61. The van der Waals surface area contributed by atoms with E-state index in [9.17, 15) is 14.4 Å². The van der Waals surface area contributed by atoms with Gasteiger partial charge < -0.3 is 13.9 Å². The second-order valence-corrected chi connectivity index (χ2v) is 10.1. The summed E-state index contributed by atoms with van der Waals surface area (Å²) in [5, 5.41) is 1.91. The second kappa shape index (κ2) is 10.2. The van der Waals surface area contributed by atoms with Crippen LogP contribution >= 0.6 is 22.7 Å². The molecule has 8 nitrogen and oxygen atoms in total. The highest BCUT2D eigenvalue weighted by Gasteiger charge is 2.33. The first-order chi connectivity index (χ1) is 17.9. The molecule has 5 rings (SSSR count). The number of aromatic nitrogens is 1. The molecule has 10 heteroatoms. The molecule has 1 atom stereocenters. The number of esters is 2. The minimum absolute atomic E-state index is 0.226. The van der Waals surface area contributed by atoms with E-state index in [0.29, 0.717) is 37.7 Å². The van der Waals surface area contributed by atoms with Crippen LogP contribution < -0.4 is 14.9 Å². The molecular formula is C27H22N2O6S2. The number of thiazole rings is 1. The van der Waals surface area contributed by atoms with Crippen LogP contribution in [0.3, 0.4) is 0 Å². The van der Waals surface area contributed by atoms with Gasteiger partial charge in [0.05, 0.1) is 35.1 Å². The largest absolute Gasteiger partial charge is 0.465 e. The Hall–Kier alpha value is -4.02. The van der Waals surface area contributed by atoms with E-state index in [4.69, 9.17) is 13.9 Å². The zero-order chi connectivity index (χ0) is 26.1. The number of allylic oxidation sites excluding steroid dienone is 1. The van der Waals surface area contributed by atoms with Gasteiger partial charge >= 0.3 is 11.9 Å². The molecule has 4 aromatic rings. The molecule has 0 N–H and O–H groups in total. The Labute approximate surface area is 219 Å². The lowest BCUT2D eigenvalue weighted by Gasteiger charge is -2.23. The monoisotopic (exact) mass is 534 g/mol. The minimum Gasteiger partial charge on any atom is -0.465 e. The fourth-order valence-electron chi connectivity index (χ4n) is 4.11. The van der Waals surface area contributed by atoms with Gasteiger partial charge in [-0.25, -0.2) is 14.6 Å². The van der Waals surface area contributed by atoms with Gasteiger partial charge in [0.1, 0.15) is 17.6 Å². The minimum atomic E-state index is -0.613. The Bertz CT molecular complexity index is 1690. The van der Waals surface area contributed by atoms with Gasteiger partial charge in [0, 0.05) is 16.5 Å². The van der Waals surface area contributed by atoms with Gasteiger partial charge in [-0.1, -0.05) is 29.5 Å². The summed E-state index contributed by atoms with van der Waals surface area (Å²) in [5.74, 6) is 0.188.